The number of benzene rings is 1. The van der Waals surface area contributed by atoms with E-state index in [1.807, 2.05) is 13.0 Å². The molecule has 0 bridgehead atoms. The Morgan fingerprint density at radius 2 is 2.07 bits per heavy atom. The fourth-order valence-electron chi connectivity index (χ4n) is 1.54. The zero-order chi connectivity index (χ0) is 10.7. The largest absolute Gasteiger partial charge is 0.398 e. The fraction of sp³-hybridized carbons (Fsp3) is 0.333. The highest BCUT2D eigenvalue weighted by Crippen LogP contribution is 2.25. The van der Waals surface area contributed by atoms with Gasteiger partial charge in [-0.25, -0.2) is 4.39 Å². The standard InChI is InChI=1S/C12H16FN/c1-8(2)7-9(3)12-10(13)5-4-6-11(12)14/h4-8H,14H2,1-3H3/b9-7+. The summed E-state index contributed by atoms with van der Waals surface area (Å²) in [5, 5.41) is 0. The van der Waals surface area contributed by atoms with Gasteiger partial charge in [0.05, 0.1) is 0 Å². The quantitative estimate of drug-likeness (QED) is 0.715. The fourth-order valence-corrected chi connectivity index (χ4v) is 1.54. The summed E-state index contributed by atoms with van der Waals surface area (Å²) in [6.45, 7) is 6.00. The van der Waals surface area contributed by atoms with Gasteiger partial charge in [-0.05, 0) is 30.5 Å². The van der Waals surface area contributed by atoms with Crippen molar-refractivity contribution in [2.24, 2.45) is 5.92 Å². The van der Waals surface area contributed by atoms with Crippen LogP contribution in [0.1, 0.15) is 26.3 Å². The number of hydrogen-bond acceptors (Lipinski definition) is 1. The highest BCUT2D eigenvalue weighted by atomic mass is 19.1. The Hall–Kier alpha value is -1.31. The van der Waals surface area contributed by atoms with Gasteiger partial charge in [0.15, 0.2) is 0 Å². The second-order valence-corrected chi connectivity index (χ2v) is 3.80. The molecule has 0 unspecified atom stereocenters. The maximum atomic E-state index is 13.4. The van der Waals surface area contributed by atoms with E-state index < -0.39 is 0 Å². The highest BCUT2D eigenvalue weighted by molar-refractivity contribution is 5.74. The number of rotatable bonds is 2. The average molecular weight is 193 g/mol. The first-order valence-corrected chi connectivity index (χ1v) is 4.75. The van der Waals surface area contributed by atoms with Crippen molar-refractivity contribution >= 4 is 11.3 Å². The van der Waals surface area contributed by atoms with Gasteiger partial charge in [0.1, 0.15) is 5.82 Å². The normalized spacial score (nSPS) is 12.2. The molecule has 0 heterocycles. The molecular formula is C12H16FN. The van der Waals surface area contributed by atoms with Gasteiger partial charge in [-0.15, -0.1) is 0 Å². The van der Waals surface area contributed by atoms with Crippen molar-refractivity contribution in [3.63, 3.8) is 0 Å². The predicted molar refractivity (Wildman–Crippen MR) is 59.3 cm³/mol. The Balaban J connectivity index is 3.18. The van der Waals surface area contributed by atoms with Crippen molar-refractivity contribution in [1.82, 2.24) is 0 Å². The summed E-state index contributed by atoms with van der Waals surface area (Å²) >= 11 is 0. The molecule has 0 aliphatic heterocycles. The first-order chi connectivity index (χ1) is 6.52. The molecule has 2 heteroatoms. The third kappa shape index (κ3) is 2.34. The van der Waals surface area contributed by atoms with Crippen LogP contribution in [0, 0.1) is 11.7 Å². The van der Waals surface area contributed by atoms with Gasteiger partial charge in [0, 0.05) is 11.3 Å². The molecule has 1 aromatic carbocycles. The molecule has 1 nitrogen and oxygen atoms in total. The van der Waals surface area contributed by atoms with Crippen LogP contribution in [0.5, 0.6) is 0 Å². The molecule has 0 aliphatic rings. The Bertz CT molecular complexity index is 333. The van der Waals surface area contributed by atoms with Crippen LogP contribution in [0.4, 0.5) is 10.1 Å². The third-order valence-electron chi connectivity index (χ3n) is 2.02. The summed E-state index contributed by atoms with van der Waals surface area (Å²) in [4.78, 5) is 0. The van der Waals surface area contributed by atoms with E-state index in [-0.39, 0.29) is 5.82 Å². The Kier molecular flexibility index (Phi) is 3.28. The minimum absolute atomic E-state index is 0.251. The molecule has 0 aliphatic carbocycles. The van der Waals surface area contributed by atoms with E-state index in [9.17, 15) is 4.39 Å². The number of nitrogens with two attached hydrogens (primary N) is 1. The van der Waals surface area contributed by atoms with Crippen LogP contribution in [0.2, 0.25) is 0 Å². The minimum Gasteiger partial charge on any atom is -0.398 e. The van der Waals surface area contributed by atoms with E-state index in [0.29, 0.717) is 17.2 Å². The monoisotopic (exact) mass is 193 g/mol. The van der Waals surface area contributed by atoms with E-state index in [1.54, 1.807) is 12.1 Å². The van der Waals surface area contributed by atoms with Crippen molar-refractivity contribution in [3.8, 4) is 0 Å². The lowest BCUT2D eigenvalue weighted by molar-refractivity contribution is 0.624. The van der Waals surface area contributed by atoms with Crippen LogP contribution in [0.25, 0.3) is 5.57 Å². The summed E-state index contributed by atoms with van der Waals surface area (Å²) < 4.78 is 13.4. The summed E-state index contributed by atoms with van der Waals surface area (Å²) in [5.74, 6) is 0.147. The molecule has 76 valence electrons. The van der Waals surface area contributed by atoms with E-state index in [2.05, 4.69) is 13.8 Å². The van der Waals surface area contributed by atoms with Crippen molar-refractivity contribution < 1.29 is 4.39 Å². The summed E-state index contributed by atoms with van der Waals surface area (Å²) in [6, 6.07) is 4.77. The zero-order valence-electron chi connectivity index (χ0n) is 8.84. The number of anilines is 1. The van der Waals surface area contributed by atoms with Crippen LogP contribution in [0.3, 0.4) is 0 Å². The molecule has 0 atom stereocenters. The Morgan fingerprint density at radius 1 is 1.43 bits per heavy atom. The minimum atomic E-state index is -0.251. The molecule has 0 saturated carbocycles. The molecule has 0 spiro atoms. The van der Waals surface area contributed by atoms with Crippen molar-refractivity contribution in [2.45, 2.75) is 20.8 Å². The zero-order valence-corrected chi connectivity index (χ0v) is 8.84. The van der Waals surface area contributed by atoms with Crippen molar-refractivity contribution in [2.75, 3.05) is 5.73 Å². The average Bonchev–Trinajstić information content (AvgIpc) is 2.01. The van der Waals surface area contributed by atoms with Crippen LogP contribution in [-0.2, 0) is 0 Å². The first kappa shape index (κ1) is 10.8. The first-order valence-electron chi connectivity index (χ1n) is 4.75. The van der Waals surface area contributed by atoms with Gasteiger partial charge in [0.2, 0.25) is 0 Å². The van der Waals surface area contributed by atoms with E-state index >= 15 is 0 Å². The summed E-state index contributed by atoms with van der Waals surface area (Å²) in [5.41, 5.74) is 7.64. The Morgan fingerprint density at radius 3 is 2.57 bits per heavy atom. The smallest absolute Gasteiger partial charge is 0.132 e. The molecule has 2 N–H and O–H groups in total. The van der Waals surface area contributed by atoms with E-state index in [1.165, 1.54) is 6.07 Å². The lowest BCUT2D eigenvalue weighted by Crippen LogP contribution is -1.96. The molecule has 0 saturated heterocycles. The molecule has 0 radical (unpaired) electrons. The SMILES string of the molecule is C/C(=C\C(C)C)c1c(N)cccc1F. The molecular weight excluding hydrogens is 177 g/mol. The molecule has 0 fully saturated rings. The Labute approximate surface area is 84.4 Å². The van der Waals surface area contributed by atoms with Crippen LogP contribution in [-0.4, -0.2) is 0 Å². The van der Waals surface area contributed by atoms with Gasteiger partial charge < -0.3 is 5.73 Å². The lowest BCUT2D eigenvalue weighted by Gasteiger charge is -2.08. The predicted octanol–water partition coefficient (Wildman–Crippen LogP) is 3.47. The molecule has 1 aromatic rings. The van der Waals surface area contributed by atoms with Gasteiger partial charge in [-0.1, -0.05) is 26.0 Å². The number of nitrogen functional groups attached to an aromatic ring is 1. The maximum absolute atomic E-state index is 13.4. The topological polar surface area (TPSA) is 26.0 Å². The molecule has 1 rings (SSSR count). The van der Waals surface area contributed by atoms with E-state index in [4.69, 9.17) is 5.73 Å². The van der Waals surface area contributed by atoms with Gasteiger partial charge in [0.25, 0.3) is 0 Å². The second kappa shape index (κ2) is 4.27. The lowest BCUT2D eigenvalue weighted by atomic mass is 10.0. The molecule has 14 heavy (non-hydrogen) atoms. The van der Waals surface area contributed by atoms with Crippen molar-refractivity contribution in [3.05, 3.63) is 35.7 Å². The van der Waals surface area contributed by atoms with Crippen molar-refractivity contribution in [1.29, 1.82) is 0 Å². The van der Waals surface area contributed by atoms with Gasteiger partial charge >= 0.3 is 0 Å². The molecule has 0 amide bonds. The number of halogens is 1. The van der Waals surface area contributed by atoms with Crippen LogP contribution >= 0.6 is 0 Å². The summed E-state index contributed by atoms with van der Waals surface area (Å²) in [7, 11) is 0. The van der Waals surface area contributed by atoms with Crippen LogP contribution < -0.4 is 5.73 Å². The maximum Gasteiger partial charge on any atom is 0.132 e. The molecule has 0 aromatic heterocycles. The third-order valence-corrected chi connectivity index (χ3v) is 2.02. The second-order valence-electron chi connectivity index (χ2n) is 3.80. The van der Waals surface area contributed by atoms with Gasteiger partial charge in [-0.3, -0.25) is 0 Å². The highest BCUT2D eigenvalue weighted by Gasteiger charge is 2.07. The van der Waals surface area contributed by atoms with Crippen LogP contribution in [0.15, 0.2) is 24.3 Å². The number of hydrogen-bond donors (Lipinski definition) is 1. The number of allylic oxidation sites excluding steroid dienone is 2. The van der Waals surface area contributed by atoms with Gasteiger partial charge in [-0.2, -0.15) is 0 Å². The summed E-state index contributed by atoms with van der Waals surface area (Å²) in [6.07, 6.45) is 2.01. The van der Waals surface area contributed by atoms with E-state index in [0.717, 1.165) is 5.57 Å².